The molecule has 0 aliphatic heterocycles. The summed E-state index contributed by atoms with van der Waals surface area (Å²) in [5, 5.41) is 0. The third-order valence-corrected chi connectivity index (χ3v) is 5.02. The fourth-order valence-electron chi connectivity index (χ4n) is 3.29. The lowest BCUT2D eigenvalue weighted by Crippen LogP contribution is -2.52. The average Bonchev–Trinajstić information content (AvgIpc) is 2.72. The van der Waals surface area contributed by atoms with Crippen LogP contribution in [0.5, 0.6) is 0 Å². The standard InChI is InChI=1S/C24H21N3O3/c1-16-4-10-19(11-5-16)25-22(28)26(20-12-6-17(2)7-13-20)24(30)27(23(25)29)21-14-8-18(3)9-15-21/h4-15H,1-3H3. The molecule has 0 radical (unpaired) electrons. The van der Waals surface area contributed by atoms with Gasteiger partial charge in [0.05, 0.1) is 17.1 Å². The summed E-state index contributed by atoms with van der Waals surface area (Å²) in [7, 11) is 0. The lowest BCUT2D eigenvalue weighted by molar-refractivity contribution is 0.659. The lowest BCUT2D eigenvalue weighted by Gasteiger charge is -2.14. The number of aryl methyl sites for hydroxylation is 3. The van der Waals surface area contributed by atoms with Crippen LogP contribution < -0.4 is 17.1 Å². The molecular weight excluding hydrogens is 378 g/mol. The van der Waals surface area contributed by atoms with E-state index in [-0.39, 0.29) is 0 Å². The molecule has 150 valence electrons. The van der Waals surface area contributed by atoms with Gasteiger partial charge in [0.25, 0.3) is 0 Å². The number of hydrogen-bond acceptors (Lipinski definition) is 3. The van der Waals surface area contributed by atoms with Crippen molar-refractivity contribution in [3.05, 3.63) is 121 Å². The van der Waals surface area contributed by atoms with E-state index in [4.69, 9.17) is 0 Å². The van der Waals surface area contributed by atoms with E-state index in [0.29, 0.717) is 17.1 Å². The average molecular weight is 399 g/mol. The van der Waals surface area contributed by atoms with Crippen molar-refractivity contribution in [2.75, 3.05) is 0 Å². The van der Waals surface area contributed by atoms with Crippen molar-refractivity contribution in [3.8, 4) is 17.1 Å². The molecule has 0 saturated heterocycles. The van der Waals surface area contributed by atoms with E-state index >= 15 is 0 Å². The summed E-state index contributed by atoms with van der Waals surface area (Å²) in [6.45, 7) is 5.76. The topological polar surface area (TPSA) is 66.0 Å². The second-order valence-electron chi connectivity index (χ2n) is 7.36. The first-order valence-corrected chi connectivity index (χ1v) is 9.59. The molecule has 6 nitrogen and oxygen atoms in total. The quantitative estimate of drug-likeness (QED) is 0.532. The molecule has 3 aromatic carbocycles. The number of benzene rings is 3. The zero-order valence-electron chi connectivity index (χ0n) is 17.0. The summed E-state index contributed by atoms with van der Waals surface area (Å²) in [5.74, 6) is 0. The Labute approximate surface area is 172 Å². The van der Waals surface area contributed by atoms with Gasteiger partial charge in [0, 0.05) is 0 Å². The minimum Gasteiger partial charge on any atom is -0.246 e. The Morgan fingerprint density at radius 1 is 0.400 bits per heavy atom. The fraction of sp³-hybridized carbons (Fsp3) is 0.125. The summed E-state index contributed by atoms with van der Waals surface area (Å²) in [4.78, 5) is 40.0. The first-order chi connectivity index (χ1) is 14.4. The normalized spacial score (nSPS) is 10.9. The maximum absolute atomic E-state index is 13.3. The number of nitrogens with zero attached hydrogens (tertiary/aromatic N) is 3. The molecule has 0 fully saturated rings. The molecular formula is C24H21N3O3. The van der Waals surface area contributed by atoms with Crippen LogP contribution in [-0.2, 0) is 0 Å². The zero-order chi connectivity index (χ0) is 21.4. The van der Waals surface area contributed by atoms with E-state index in [0.717, 1.165) is 30.4 Å². The zero-order valence-corrected chi connectivity index (χ0v) is 17.0. The predicted octanol–water partition coefficient (Wildman–Crippen LogP) is 3.06. The monoisotopic (exact) mass is 399 g/mol. The third-order valence-electron chi connectivity index (χ3n) is 5.02. The Hall–Kier alpha value is -3.93. The van der Waals surface area contributed by atoms with Gasteiger partial charge in [0.1, 0.15) is 0 Å². The Balaban J connectivity index is 2.13. The van der Waals surface area contributed by atoms with E-state index in [9.17, 15) is 14.4 Å². The van der Waals surface area contributed by atoms with Crippen molar-refractivity contribution in [1.29, 1.82) is 0 Å². The highest BCUT2D eigenvalue weighted by Gasteiger charge is 2.19. The molecule has 0 aliphatic rings. The van der Waals surface area contributed by atoms with Crippen molar-refractivity contribution < 1.29 is 0 Å². The molecule has 0 amide bonds. The summed E-state index contributed by atoms with van der Waals surface area (Å²) in [6, 6.07) is 21.1. The first-order valence-electron chi connectivity index (χ1n) is 9.59. The molecule has 1 heterocycles. The molecule has 0 atom stereocenters. The molecule has 4 aromatic rings. The van der Waals surface area contributed by atoms with Crippen LogP contribution in [-0.4, -0.2) is 13.7 Å². The van der Waals surface area contributed by atoms with Gasteiger partial charge < -0.3 is 0 Å². The van der Waals surface area contributed by atoms with E-state index in [2.05, 4.69) is 0 Å². The maximum Gasteiger partial charge on any atom is 0.345 e. The van der Waals surface area contributed by atoms with Crippen molar-refractivity contribution in [2.24, 2.45) is 0 Å². The summed E-state index contributed by atoms with van der Waals surface area (Å²) in [6.07, 6.45) is 0. The van der Waals surface area contributed by atoms with Crippen molar-refractivity contribution in [2.45, 2.75) is 20.8 Å². The molecule has 0 unspecified atom stereocenters. The van der Waals surface area contributed by atoms with Gasteiger partial charge in [-0.15, -0.1) is 0 Å². The predicted molar refractivity (Wildman–Crippen MR) is 117 cm³/mol. The summed E-state index contributed by atoms with van der Waals surface area (Å²) >= 11 is 0. The van der Waals surface area contributed by atoms with Gasteiger partial charge >= 0.3 is 17.1 Å². The molecule has 0 N–H and O–H groups in total. The Kier molecular flexibility index (Phi) is 4.83. The smallest absolute Gasteiger partial charge is 0.246 e. The summed E-state index contributed by atoms with van der Waals surface area (Å²) < 4.78 is 3.08. The van der Waals surface area contributed by atoms with Crippen molar-refractivity contribution in [1.82, 2.24) is 13.7 Å². The Bertz CT molecular complexity index is 1180. The van der Waals surface area contributed by atoms with Crippen LogP contribution in [0.3, 0.4) is 0 Å². The van der Waals surface area contributed by atoms with E-state index < -0.39 is 17.1 Å². The summed E-state index contributed by atoms with van der Waals surface area (Å²) in [5.41, 5.74) is 2.07. The Morgan fingerprint density at radius 3 is 0.800 bits per heavy atom. The van der Waals surface area contributed by atoms with Crippen LogP contribution in [0.1, 0.15) is 16.7 Å². The first kappa shape index (κ1) is 19.4. The minimum atomic E-state index is -0.707. The molecule has 6 heteroatoms. The van der Waals surface area contributed by atoms with E-state index in [1.807, 2.05) is 57.2 Å². The molecule has 0 spiro atoms. The van der Waals surface area contributed by atoms with E-state index in [1.54, 1.807) is 36.4 Å². The molecule has 0 saturated carbocycles. The van der Waals surface area contributed by atoms with Gasteiger partial charge in [0.15, 0.2) is 0 Å². The maximum atomic E-state index is 13.3. The van der Waals surface area contributed by atoms with Crippen LogP contribution in [0.2, 0.25) is 0 Å². The highest BCUT2D eigenvalue weighted by Crippen LogP contribution is 2.10. The second-order valence-corrected chi connectivity index (χ2v) is 7.36. The van der Waals surface area contributed by atoms with Crippen LogP contribution in [0.15, 0.2) is 87.2 Å². The van der Waals surface area contributed by atoms with Crippen LogP contribution in [0, 0.1) is 20.8 Å². The van der Waals surface area contributed by atoms with Crippen LogP contribution in [0.25, 0.3) is 17.1 Å². The Morgan fingerprint density at radius 2 is 0.600 bits per heavy atom. The highest BCUT2D eigenvalue weighted by molar-refractivity contribution is 5.39. The molecule has 0 bridgehead atoms. The number of hydrogen-bond donors (Lipinski definition) is 0. The number of aromatic nitrogens is 3. The van der Waals surface area contributed by atoms with Gasteiger partial charge in [-0.25, -0.2) is 28.1 Å². The van der Waals surface area contributed by atoms with Crippen LogP contribution in [0.4, 0.5) is 0 Å². The fourth-order valence-corrected chi connectivity index (χ4v) is 3.29. The molecule has 30 heavy (non-hydrogen) atoms. The van der Waals surface area contributed by atoms with Crippen molar-refractivity contribution >= 4 is 0 Å². The molecule has 1 aromatic heterocycles. The van der Waals surface area contributed by atoms with Crippen LogP contribution >= 0.6 is 0 Å². The SMILES string of the molecule is Cc1ccc(-n2c(=O)n(-c3ccc(C)cc3)c(=O)n(-c3ccc(C)cc3)c2=O)cc1. The van der Waals surface area contributed by atoms with Gasteiger partial charge in [-0.2, -0.15) is 0 Å². The van der Waals surface area contributed by atoms with Gasteiger partial charge in [-0.05, 0) is 57.2 Å². The minimum absolute atomic E-state index is 0.400. The molecule has 4 rings (SSSR count). The van der Waals surface area contributed by atoms with Gasteiger partial charge in [0.2, 0.25) is 0 Å². The number of rotatable bonds is 3. The highest BCUT2D eigenvalue weighted by atomic mass is 16.2. The lowest BCUT2D eigenvalue weighted by atomic mass is 10.2. The van der Waals surface area contributed by atoms with Crippen molar-refractivity contribution in [3.63, 3.8) is 0 Å². The molecule has 0 aliphatic carbocycles. The second kappa shape index (κ2) is 7.48. The van der Waals surface area contributed by atoms with Gasteiger partial charge in [-0.1, -0.05) is 53.1 Å². The van der Waals surface area contributed by atoms with Gasteiger partial charge in [-0.3, -0.25) is 0 Å². The van der Waals surface area contributed by atoms with E-state index in [1.165, 1.54) is 0 Å². The third kappa shape index (κ3) is 3.33. The largest absolute Gasteiger partial charge is 0.345 e.